The normalized spacial score (nSPS) is 15.9. The molecule has 94 valence electrons. The lowest BCUT2D eigenvalue weighted by molar-refractivity contribution is 0.151. The van der Waals surface area contributed by atoms with Gasteiger partial charge in [-0.05, 0) is 36.8 Å². The number of alkyl halides is 2. The summed E-state index contributed by atoms with van der Waals surface area (Å²) in [6.07, 6.45) is 1.41. The Labute approximate surface area is 101 Å². The van der Waals surface area contributed by atoms with Crippen LogP contribution in [0, 0.1) is 5.92 Å². The van der Waals surface area contributed by atoms with E-state index in [0.29, 0.717) is 17.5 Å². The van der Waals surface area contributed by atoms with Gasteiger partial charge in [0.05, 0.1) is 0 Å². The van der Waals surface area contributed by atoms with Crippen LogP contribution in [-0.4, -0.2) is 4.57 Å². The molecular formula is C14H19F2N. The molecular weight excluding hydrogens is 220 g/mol. The second kappa shape index (κ2) is 4.63. The van der Waals surface area contributed by atoms with E-state index >= 15 is 0 Å². The van der Waals surface area contributed by atoms with Crippen molar-refractivity contribution in [1.82, 2.24) is 4.57 Å². The average molecular weight is 239 g/mol. The van der Waals surface area contributed by atoms with E-state index in [2.05, 4.69) is 20.4 Å². The maximum atomic E-state index is 13.0. The van der Waals surface area contributed by atoms with Crippen molar-refractivity contribution in [2.24, 2.45) is 5.92 Å². The van der Waals surface area contributed by atoms with Crippen LogP contribution in [0.5, 0.6) is 0 Å². The van der Waals surface area contributed by atoms with Crippen molar-refractivity contribution < 1.29 is 8.78 Å². The third-order valence-electron chi connectivity index (χ3n) is 3.17. The van der Waals surface area contributed by atoms with Gasteiger partial charge in [-0.25, -0.2) is 8.78 Å². The van der Waals surface area contributed by atoms with E-state index in [1.54, 1.807) is 12.1 Å². The molecule has 0 atom stereocenters. The second-order valence-corrected chi connectivity index (χ2v) is 5.19. The molecule has 1 aliphatic rings. The molecule has 0 aliphatic heterocycles. The third kappa shape index (κ3) is 2.43. The van der Waals surface area contributed by atoms with Crippen LogP contribution in [0.1, 0.15) is 56.0 Å². The van der Waals surface area contributed by atoms with Crippen LogP contribution in [0.2, 0.25) is 0 Å². The van der Waals surface area contributed by atoms with Gasteiger partial charge in [0.15, 0.2) is 0 Å². The van der Waals surface area contributed by atoms with Gasteiger partial charge < -0.3 is 4.57 Å². The molecule has 0 unspecified atom stereocenters. The Bertz CT molecular complexity index is 414. The van der Waals surface area contributed by atoms with Crippen molar-refractivity contribution in [2.75, 3.05) is 0 Å². The van der Waals surface area contributed by atoms with E-state index in [1.807, 2.05) is 4.57 Å². The van der Waals surface area contributed by atoms with Gasteiger partial charge in [-0.2, -0.15) is 0 Å². The van der Waals surface area contributed by atoms with Crippen molar-refractivity contribution >= 4 is 6.08 Å². The van der Waals surface area contributed by atoms with Crippen LogP contribution in [0.3, 0.4) is 0 Å². The standard InChI is InChI=1S/C14H19F2N/c1-4-12-11(14(15)16)7-13(10-5-6-10)17(12)8-9(2)3/h4,7,9-10,14H,1,5-6,8H2,2-3H3. The van der Waals surface area contributed by atoms with Gasteiger partial charge in [-0.1, -0.05) is 20.4 Å². The Kier molecular flexibility index (Phi) is 3.36. The summed E-state index contributed by atoms with van der Waals surface area (Å²) in [6, 6.07) is 1.68. The lowest BCUT2D eigenvalue weighted by Crippen LogP contribution is -2.09. The first-order valence-corrected chi connectivity index (χ1v) is 6.18. The SMILES string of the molecule is C=Cc1c(C(F)F)cc(C2CC2)n1CC(C)C. The van der Waals surface area contributed by atoms with Crippen molar-refractivity contribution in [3.05, 3.63) is 29.6 Å². The van der Waals surface area contributed by atoms with Crippen LogP contribution < -0.4 is 0 Å². The predicted molar refractivity (Wildman–Crippen MR) is 66.3 cm³/mol. The molecule has 0 radical (unpaired) electrons. The van der Waals surface area contributed by atoms with Gasteiger partial charge in [-0.3, -0.25) is 0 Å². The maximum Gasteiger partial charge on any atom is 0.265 e. The lowest BCUT2D eigenvalue weighted by atomic mass is 10.2. The topological polar surface area (TPSA) is 4.93 Å². The molecule has 1 nitrogen and oxygen atoms in total. The molecule has 0 amide bonds. The Balaban J connectivity index is 2.46. The van der Waals surface area contributed by atoms with Crippen molar-refractivity contribution in [1.29, 1.82) is 0 Å². The summed E-state index contributed by atoms with van der Waals surface area (Å²) in [5.74, 6) is 0.934. The van der Waals surface area contributed by atoms with Crippen LogP contribution in [0.4, 0.5) is 8.78 Å². The number of halogens is 2. The predicted octanol–water partition coefficient (Wildman–Crippen LogP) is 4.60. The Morgan fingerprint density at radius 2 is 2.12 bits per heavy atom. The second-order valence-electron chi connectivity index (χ2n) is 5.19. The van der Waals surface area contributed by atoms with Crippen LogP contribution in [-0.2, 0) is 6.54 Å². The highest BCUT2D eigenvalue weighted by Crippen LogP contribution is 2.43. The molecule has 3 heteroatoms. The minimum absolute atomic E-state index is 0.141. The molecule has 1 saturated carbocycles. The number of nitrogens with zero attached hydrogens (tertiary/aromatic N) is 1. The minimum Gasteiger partial charge on any atom is -0.344 e. The van der Waals surface area contributed by atoms with E-state index < -0.39 is 6.43 Å². The molecule has 0 saturated heterocycles. The zero-order chi connectivity index (χ0) is 12.6. The van der Waals surface area contributed by atoms with Crippen LogP contribution >= 0.6 is 0 Å². The summed E-state index contributed by atoms with van der Waals surface area (Å²) < 4.78 is 28.0. The summed E-state index contributed by atoms with van der Waals surface area (Å²) in [4.78, 5) is 0. The summed E-state index contributed by atoms with van der Waals surface area (Å²) >= 11 is 0. The van der Waals surface area contributed by atoms with Crippen molar-refractivity contribution in [2.45, 2.75) is 45.6 Å². The maximum absolute atomic E-state index is 13.0. The first-order valence-electron chi connectivity index (χ1n) is 6.18. The minimum atomic E-state index is -2.41. The number of hydrogen-bond donors (Lipinski definition) is 0. The summed E-state index contributed by atoms with van der Waals surface area (Å²) in [6.45, 7) is 8.68. The van der Waals surface area contributed by atoms with Crippen molar-refractivity contribution in [3.8, 4) is 0 Å². The van der Waals surface area contributed by atoms with Crippen LogP contribution in [0.25, 0.3) is 6.08 Å². The molecule has 1 aromatic heterocycles. The van der Waals surface area contributed by atoms with Crippen molar-refractivity contribution in [3.63, 3.8) is 0 Å². The smallest absolute Gasteiger partial charge is 0.265 e. The molecule has 1 aromatic rings. The van der Waals surface area contributed by atoms with E-state index in [1.165, 1.54) is 0 Å². The molecule has 1 fully saturated rings. The van der Waals surface area contributed by atoms with Gasteiger partial charge in [0, 0.05) is 23.5 Å². The highest BCUT2D eigenvalue weighted by atomic mass is 19.3. The Hall–Kier alpha value is -1.12. The van der Waals surface area contributed by atoms with E-state index in [9.17, 15) is 8.78 Å². The zero-order valence-corrected chi connectivity index (χ0v) is 10.4. The lowest BCUT2D eigenvalue weighted by Gasteiger charge is -2.14. The molecule has 2 rings (SSSR count). The largest absolute Gasteiger partial charge is 0.344 e. The zero-order valence-electron chi connectivity index (χ0n) is 10.4. The molecule has 1 heterocycles. The Morgan fingerprint density at radius 3 is 2.53 bits per heavy atom. The highest BCUT2D eigenvalue weighted by molar-refractivity contribution is 5.52. The molecule has 17 heavy (non-hydrogen) atoms. The number of aromatic nitrogens is 1. The van der Waals surface area contributed by atoms with Gasteiger partial charge in [0.2, 0.25) is 0 Å². The third-order valence-corrected chi connectivity index (χ3v) is 3.17. The molecule has 0 aromatic carbocycles. The average Bonchev–Trinajstić information content (AvgIpc) is 3.01. The fourth-order valence-electron chi connectivity index (χ4n) is 2.30. The molecule has 0 bridgehead atoms. The first kappa shape index (κ1) is 12.3. The fourth-order valence-corrected chi connectivity index (χ4v) is 2.30. The van der Waals surface area contributed by atoms with Gasteiger partial charge in [-0.15, -0.1) is 0 Å². The van der Waals surface area contributed by atoms with Gasteiger partial charge in [0.1, 0.15) is 0 Å². The number of rotatable bonds is 5. The highest BCUT2D eigenvalue weighted by Gasteiger charge is 2.30. The fraction of sp³-hybridized carbons (Fsp3) is 0.571. The quantitative estimate of drug-likeness (QED) is 0.707. The van der Waals surface area contributed by atoms with Gasteiger partial charge in [0.25, 0.3) is 6.43 Å². The number of hydrogen-bond acceptors (Lipinski definition) is 0. The molecule has 0 spiro atoms. The van der Waals surface area contributed by atoms with E-state index in [4.69, 9.17) is 0 Å². The first-order chi connectivity index (χ1) is 8.04. The van der Waals surface area contributed by atoms with Crippen LogP contribution in [0.15, 0.2) is 12.6 Å². The van der Waals surface area contributed by atoms with Gasteiger partial charge >= 0.3 is 0 Å². The monoisotopic (exact) mass is 239 g/mol. The summed E-state index contributed by atoms with van der Waals surface area (Å²) in [5, 5.41) is 0. The molecule has 0 N–H and O–H groups in total. The Morgan fingerprint density at radius 1 is 1.47 bits per heavy atom. The summed E-state index contributed by atoms with van der Waals surface area (Å²) in [5.41, 5.74) is 1.82. The van der Waals surface area contributed by atoms with E-state index in [-0.39, 0.29) is 5.56 Å². The van der Waals surface area contributed by atoms with E-state index in [0.717, 1.165) is 25.1 Å². The summed E-state index contributed by atoms with van der Waals surface area (Å²) in [7, 11) is 0. The molecule has 1 aliphatic carbocycles.